The molecule has 0 aliphatic carbocycles. The van der Waals surface area contributed by atoms with E-state index in [0.29, 0.717) is 25.6 Å². The van der Waals surface area contributed by atoms with Gasteiger partial charge in [-0.2, -0.15) is 0 Å². The standard InChI is InChI=1S/C24H33N3O3S/c1-18-5-4-12-26(17-18)24(30)19-10-13-25(14-11-19)22(28)8-9-23(29)27-15-16-31-21-7-3-2-6-20(21)27/h2-3,6-7,18-19H,4-5,8-17H2,1H3. The predicted octanol–water partition coefficient (Wildman–Crippen LogP) is 3.40. The molecule has 3 aliphatic heterocycles. The molecule has 0 saturated carbocycles. The lowest BCUT2D eigenvalue weighted by Gasteiger charge is -2.37. The summed E-state index contributed by atoms with van der Waals surface area (Å²) < 4.78 is 0. The van der Waals surface area contributed by atoms with Gasteiger partial charge in [0.1, 0.15) is 0 Å². The summed E-state index contributed by atoms with van der Waals surface area (Å²) in [7, 11) is 0. The maximum Gasteiger partial charge on any atom is 0.227 e. The lowest BCUT2D eigenvalue weighted by Crippen LogP contribution is -2.47. The van der Waals surface area contributed by atoms with Crippen LogP contribution in [0.2, 0.25) is 0 Å². The molecule has 6 nitrogen and oxygen atoms in total. The van der Waals surface area contributed by atoms with Crippen molar-refractivity contribution in [1.29, 1.82) is 0 Å². The monoisotopic (exact) mass is 443 g/mol. The van der Waals surface area contributed by atoms with Gasteiger partial charge < -0.3 is 14.7 Å². The quantitative estimate of drug-likeness (QED) is 0.716. The summed E-state index contributed by atoms with van der Waals surface area (Å²) in [6.07, 6.45) is 4.26. The van der Waals surface area contributed by atoms with Crippen LogP contribution < -0.4 is 4.90 Å². The number of nitrogens with zero attached hydrogens (tertiary/aromatic N) is 3. The van der Waals surface area contributed by atoms with Crippen molar-refractivity contribution in [1.82, 2.24) is 9.80 Å². The summed E-state index contributed by atoms with van der Waals surface area (Å²) in [5, 5.41) is 0. The third-order valence-electron chi connectivity index (χ3n) is 6.75. The molecular formula is C24H33N3O3S. The van der Waals surface area contributed by atoms with Gasteiger partial charge in [0.2, 0.25) is 17.7 Å². The van der Waals surface area contributed by atoms with Crippen molar-refractivity contribution in [3.05, 3.63) is 24.3 Å². The second-order valence-electron chi connectivity index (χ2n) is 9.05. The number of rotatable bonds is 4. The number of carbonyl (C=O) groups excluding carboxylic acids is 3. The van der Waals surface area contributed by atoms with Crippen LogP contribution in [0, 0.1) is 11.8 Å². The second-order valence-corrected chi connectivity index (χ2v) is 10.2. The molecule has 31 heavy (non-hydrogen) atoms. The Bertz CT molecular complexity index is 822. The highest BCUT2D eigenvalue weighted by atomic mass is 32.2. The van der Waals surface area contributed by atoms with Crippen LogP contribution in [0.25, 0.3) is 0 Å². The zero-order chi connectivity index (χ0) is 21.8. The van der Waals surface area contributed by atoms with Gasteiger partial charge in [-0.1, -0.05) is 19.1 Å². The lowest BCUT2D eigenvalue weighted by atomic mass is 9.92. The molecule has 4 rings (SSSR count). The number of anilines is 1. The zero-order valence-electron chi connectivity index (χ0n) is 18.4. The summed E-state index contributed by atoms with van der Waals surface area (Å²) in [6.45, 7) is 5.90. The molecular weight excluding hydrogens is 410 g/mol. The van der Waals surface area contributed by atoms with E-state index in [-0.39, 0.29) is 36.5 Å². The Labute approximate surface area is 189 Å². The number of fused-ring (bicyclic) bond motifs is 1. The highest BCUT2D eigenvalue weighted by Crippen LogP contribution is 2.34. The van der Waals surface area contributed by atoms with Crippen LogP contribution in [0.5, 0.6) is 0 Å². The maximum atomic E-state index is 12.8. The topological polar surface area (TPSA) is 60.9 Å². The van der Waals surface area contributed by atoms with Crippen LogP contribution in [0.4, 0.5) is 5.69 Å². The van der Waals surface area contributed by atoms with E-state index in [9.17, 15) is 14.4 Å². The van der Waals surface area contributed by atoms with Gasteiger partial charge in [0.25, 0.3) is 0 Å². The predicted molar refractivity (Wildman–Crippen MR) is 123 cm³/mol. The third-order valence-corrected chi connectivity index (χ3v) is 7.79. The van der Waals surface area contributed by atoms with E-state index in [0.717, 1.165) is 48.7 Å². The van der Waals surface area contributed by atoms with E-state index in [1.54, 1.807) is 11.8 Å². The zero-order valence-corrected chi connectivity index (χ0v) is 19.2. The maximum absolute atomic E-state index is 12.8. The number of hydrogen-bond acceptors (Lipinski definition) is 4. The minimum Gasteiger partial charge on any atom is -0.343 e. The Morgan fingerprint density at radius 1 is 0.935 bits per heavy atom. The molecule has 2 fully saturated rings. The van der Waals surface area contributed by atoms with Crippen molar-refractivity contribution in [2.24, 2.45) is 11.8 Å². The van der Waals surface area contributed by atoms with Crippen LogP contribution in [0.1, 0.15) is 45.4 Å². The van der Waals surface area contributed by atoms with Gasteiger partial charge in [-0.15, -0.1) is 11.8 Å². The minimum atomic E-state index is 0.0189. The Morgan fingerprint density at radius 2 is 1.68 bits per heavy atom. The normalized spacial score (nSPS) is 22.2. The smallest absolute Gasteiger partial charge is 0.227 e. The molecule has 3 aliphatic rings. The Kier molecular flexibility index (Phi) is 7.20. The van der Waals surface area contributed by atoms with E-state index < -0.39 is 0 Å². The molecule has 1 aromatic rings. The van der Waals surface area contributed by atoms with E-state index in [1.165, 1.54) is 6.42 Å². The SMILES string of the molecule is CC1CCCN(C(=O)C2CCN(C(=O)CCC(=O)N3CCSc4ccccc43)CC2)C1. The lowest BCUT2D eigenvalue weighted by molar-refractivity contribution is -0.142. The number of thioether (sulfide) groups is 1. The minimum absolute atomic E-state index is 0.0189. The molecule has 168 valence electrons. The van der Waals surface area contributed by atoms with Gasteiger partial charge in [0, 0.05) is 62.1 Å². The first-order valence-electron chi connectivity index (χ1n) is 11.6. The number of para-hydroxylation sites is 1. The highest BCUT2D eigenvalue weighted by Gasteiger charge is 2.32. The molecule has 0 radical (unpaired) electrons. The van der Waals surface area contributed by atoms with Crippen molar-refractivity contribution < 1.29 is 14.4 Å². The number of carbonyl (C=O) groups is 3. The molecule has 3 amide bonds. The first-order valence-corrected chi connectivity index (χ1v) is 12.6. The summed E-state index contributed by atoms with van der Waals surface area (Å²) in [5.74, 6) is 1.83. The van der Waals surface area contributed by atoms with E-state index in [2.05, 4.69) is 6.92 Å². The van der Waals surface area contributed by atoms with E-state index in [1.807, 2.05) is 39.0 Å². The van der Waals surface area contributed by atoms with Gasteiger partial charge in [-0.25, -0.2) is 0 Å². The van der Waals surface area contributed by atoms with Crippen LogP contribution >= 0.6 is 11.8 Å². The Hall–Kier alpha value is -2.02. The average Bonchev–Trinajstić information content (AvgIpc) is 2.81. The fourth-order valence-corrected chi connectivity index (χ4v) is 5.95. The van der Waals surface area contributed by atoms with Crippen LogP contribution in [0.15, 0.2) is 29.2 Å². The first-order chi connectivity index (χ1) is 15.0. The molecule has 1 atom stereocenters. The molecule has 1 unspecified atom stereocenters. The van der Waals surface area contributed by atoms with Gasteiger partial charge in [0.05, 0.1) is 5.69 Å². The number of benzene rings is 1. The van der Waals surface area contributed by atoms with Gasteiger partial charge in [0.15, 0.2) is 0 Å². The largest absolute Gasteiger partial charge is 0.343 e. The summed E-state index contributed by atoms with van der Waals surface area (Å²) >= 11 is 1.77. The molecule has 0 bridgehead atoms. The summed E-state index contributed by atoms with van der Waals surface area (Å²) in [4.78, 5) is 45.2. The Morgan fingerprint density at radius 3 is 2.45 bits per heavy atom. The van der Waals surface area contributed by atoms with Crippen molar-refractivity contribution >= 4 is 35.2 Å². The molecule has 2 saturated heterocycles. The fraction of sp³-hybridized carbons (Fsp3) is 0.625. The second kappa shape index (κ2) is 10.1. The van der Waals surface area contributed by atoms with Crippen molar-refractivity contribution in [2.45, 2.75) is 50.3 Å². The van der Waals surface area contributed by atoms with Gasteiger partial charge in [-0.3, -0.25) is 14.4 Å². The van der Waals surface area contributed by atoms with Crippen molar-refractivity contribution in [2.75, 3.05) is 43.4 Å². The third kappa shape index (κ3) is 5.25. The van der Waals surface area contributed by atoms with Crippen LogP contribution in [-0.4, -0.2) is 66.0 Å². The fourth-order valence-electron chi connectivity index (χ4n) is 4.96. The molecule has 0 aromatic heterocycles. The van der Waals surface area contributed by atoms with Crippen LogP contribution in [-0.2, 0) is 14.4 Å². The highest BCUT2D eigenvalue weighted by molar-refractivity contribution is 7.99. The number of likely N-dealkylation sites (tertiary alicyclic amines) is 2. The van der Waals surface area contributed by atoms with Crippen molar-refractivity contribution in [3.8, 4) is 0 Å². The van der Waals surface area contributed by atoms with Gasteiger partial charge in [-0.05, 0) is 43.7 Å². The molecule has 0 spiro atoms. The number of piperidine rings is 2. The summed E-state index contributed by atoms with van der Waals surface area (Å²) in [6, 6.07) is 7.96. The van der Waals surface area contributed by atoms with E-state index in [4.69, 9.17) is 0 Å². The number of amides is 3. The first kappa shape index (κ1) is 22.2. The van der Waals surface area contributed by atoms with Gasteiger partial charge >= 0.3 is 0 Å². The molecule has 1 aromatic carbocycles. The average molecular weight is 444 g/mol. The van der Waals surface area contributed by atoms with E-state index >= 15 is 0 Å². The summed E-state index contributed by atoms with van der Waals surface area (Å²) in [5.41, 5.74) is 0.961. The molecule has 7 heteroatoms. The molecule has 3 heterocycles. The Balaban J connectivity index is 1.23. The van der Waals surface area contributed by atoms with Crippen molar-refractivity contribution in [3.63, 3.8) is 0 Å². The van der Waals surface area contributed by atoms with Crippen LogP contribution in [0.3, 0.4) is 0 Å². The molecule has 0 N–H and O–H groups in total. The number of hydrogen-bond donors (Lipinski definition) is 0.